The highest BCUT2D eigenvalue weighted by Gasteiger charge is 2.27. The van der Waals surface area contributed by atoms with E-state index in [2.05, 4.69) is 18.2 Å². The molecule has 1 heterocycles. The molecule has 100 valence electrons. The Labute approximate surface area is 114 Å². The van der Waals surface area contributed by atoms with Gasteiger partial charge < -0.3 is 9.47 Å². The van der Waals surface area contributed by atoms with Crippen molar-refractivity contribution in [3.05, 3.63) is 35.4 Å². The van der Waals surface area contributed by atoms with Crippen molar-refractivity contribution >= 4 is 0 Å². The third-order valence-electron chi connectivity index (χ3n) is 4.11. The Kier molecular flexibility index (Phi) is 3.82. The Morgan fingerprint density at radius 2 is 1.84 bits per heavy atom. The largest absolute Gasteiger partial charge is 0.375 e. The molecule has 0 spiro atoms. The van der Waals surface area contributed by atoms with Crippen molar-refractivity contribution in [3.8, 4) is 6.07 Å². The summed E-state index contributed by atoms with van der Waals surface area (Å²) in [4.78, 5) is 0. The number of hydrogen-bond donors (Lipinski definition) is 0. The first-order chi connectivity index (χ1) is 9.35. The minimum Gasteiger partial charge on any atom is -0.375 e. The SMILES string of the molecule is N#Cc1ccc(C2CCC(OCC3CO3)CC2)cc1. The molecule has 1 aliphatic carbocycles. The fourth-order valence-corrected chi connectivity index (χ4v) is 2.80. The maximum atomic E-state index is 8.81. The summed E-state index contributed by atoms with van der Waals surface area (Å²) in [5, 5.41) is 8.81. The van der Waals surface area contributed by atoms with Crippen molar-refractivity contribution in [1.82, 2.24) is 0 Å². The van der Waals surface area contributed by atoms with Crippen LogP contribution in [0.25, 0.3) is 0 Å². The summed E-state index contributed by atoms with van der Waals surface area (Å²) >= 11 is 0. The van der Waals surface area contributed by atoms with Crippen LogP contribution in [0.2, 0.25) is 0 Å². The van der Waals surface area contributed by atoms with Crippen LogP contribution in [0.15, 0.2) is 24.3 Å². The second-order valence-corrected chi connectivity index (χ2v) is 5.50. The van der Waals surface area contributed by atoms with Crippen LogP contribution in [0.3, 0.4) is 0 Å². The van der Waals surface area contributed by atoms with Crippen molar-refractivity contribution in [1.29, 1.82) is 5.26 Å². The highest BCUT2D eigenvalue weighted by molar-refractivity contribution is 5.33. The molecule has 0 radical (unpaired) electrons. The average molecular weight is 257 g/mol. The molecule has 1 atom stereocenters. The summed E-state index contributed by atoms with van der Waals surface area (Å²) in [5.74, 6) is 0.629. The van der Waals surface area contributed by atoms with Gasteiger partial charge in [-0.05, 0) is 49.3 Å². The molecule has 1 aromatic rings. The van der Waals surface area contributed by atoms with E-state index in [-0.39, 0.29) is 0 Å². The predicted octanol–water partition coefficient (Wildman–Crippen LogP) is 3.00. The molecule has 3 heteroatoms. The summed E-state index contributed by atoms with van der Waals surface area (Å²) in [6.07, 6.45) is 5.42. The summed E-state index contributed by atoms with van der Waals surface area (Å²) < 4.78 is 11.0. The maximum Gasteiger partial charge on any atom is 0.104 e. The van der Waals surface area contributed by atoms with Crippen molar-refractivity contribution in [2.75, 3.05) is 13.2 Å². The van der Waals surface area contributed by atoms with Gasteiger partial charge in [-0.1, -0.05) is 12.1 Å². The van der Waals surface area contributed by atoms with Gasteiger partial charge in [0.1, 0.15) is 6.10 Å². The molecular weight excluding hydrogens is 238 g/mol. The molecule has 1 aliphatic heterocycles. The van der Waals surface area contributed by atoms with E-state index >= 15 is 0 Å². The number of nitrogens with zero attached hydrogens (tertiary/aromatic N) is 1. The Hall–Kier alpha value is -1.37. The van der Waals surface area contributed by atoms with Crippen LogP contribution in [0.1, 0.15) is 42.7 Å². The highest BCUT2D eigenvalue weighted by Crippen LogP contribution is 2.34. The lowest BCUT2D eigenvalue weighted by atomic mass is 9.82. The maximum absolute atomic E-state index is 8.81. The monoisotopic (exact) mass is 257 g/mol. The van der Waals surface area contributed by atoms with E-state index in [1.54, 1.807) is 0 Å². The third-order valence-corrected chi connectivity index (χ3v) is 4.11. The lowest BCUT2D eigenvalue weighted by Gasteiger charge is -2.28. The Morgan fingerprint density at radius 3 is 2.42 bits per heavy atom. The first-order valence-corrected chi connectivity index (χ1v) is 7.08. The molecule has 1 unspecified atom stereocenters. The molecule has 1 saturated heterocycles. The second kappa shape index (κ2) is 5.73. The van der Waals surface area contributed by atoms with Gasteiger partial charge in [0, 0.05) is 0 Å². The van der Waals surface area contributed by atoms with E-state index in [1.807, 2.05) is 12.1 Å². The highest BCUT2D eigenvalue weighted by atomic mass is 16.6. The van der Waals surface area contributed by atoms with Crippen LogP contribution in [-0.4, -0.2) is 25.4 Å². The summed E-state index contributed by atoms with van der Waals surface area (Å²) in [5.41, 5.74) is 2.10. The minimum absolute atomic E-state index is 0.372. The molecule has 2 fully saturated rings. The van der Waals surface area contributed by atoms with E-state index in [1.165, 1.54) is 18.4 Å². The van der Waals surface area contributed by atoms with Crippen molar-refractivity contribution in [3.63, 3.8) is 0 Å². The molecule has 1 aromatic carbocycles. The minimum atomic E-state index is 0.372. The first kappa shape index (κ1) is 12.7. The molecule has 3 rings (SSSR count). The fourth-order valence-electron chi connectivity index (χ4n) is 2.80. The van der Waals surface area contributed by atoms with Gasteiger partial charge in [0.05, 0.1) is 31.0 Å². The van der Waals surface area contributed by atoms with E-state index in [0.29, 0.717) is 18.1 Å². The molecule has 0 N–H and O–H groups in total. The zero-order valence-corrected chi connectivity index (χ0v) is 11.0. The standard InChI is InChI=1S/C16H19NO2/c17-9-12-1-3-13(4-2-12)14-5-7-15(8-6-14)18-10-16-11-19-16/h1-4,14-16H,5-8,10-11H2. The van der Waals surface area contributed by atoms with Crippen molar-refractivity contribution in [2.45, 2.75) is 43.8 Å². The van der Waals surface area contributed by atoms with Crippen LogP contribution < -0.4 is 0 Å². The molecule has 0 aromatic heterocycles. The number of hydrogen-bond acceptors (Lipinski definition) is 3. The molecule has 3 nitrogen and oxygen atoms in total. The number of ether oxygens (including phenoxy) is 2. The van der Waals surface area contributed by atoms with Crippen LogP contribution in [0, 0.1) is 11.3 Å². The third kappa shape index (κ3) is 3.34. The number of nitriles is 1. The van der Waals surface area contributed by atoms with E-state index in [9.17, 15) is 0 Å². The molecular formula is C16H19NO2. The molecule has 0 amide bonds. The van der Waals surface area contributed by atoms with Gasteiger partial charge in [0.2, 0.25) is 0 Å². The van der Waals surface area contributed by atoms with Gasteiger partial charge >= 0.3 is 0 Å². The van der Waals surface area contributed by atoms with Gasteiger partial charge in [0.15, 0.2) is 0 Å². The van der Waals surface area contributed by atoms with E-state index < -0.39 is 0 Å². The second-order valence-electron chi connectivity index (χ2n) is 5.50. The number of benzene rings is 1. The Balaban J connectivity index is 1.49. The lowest BCUT2D eigenvalue weighted by molar-refractivity contribution is 0.0165. The Bertz CT molecular complexity index is 451. The van der Waals surface area contributed by atoms with Crippen LogP contribution in [0.5, 0.6) is 0 Å². The fraction of sp³-hybridized carbons (Fsp3) is 0.562. The number of rotatable bonds is 4. The summed E-state index contributed by atoms with van der Waals surface area (Å²) in [7, 11) is 0. The molecule has 19 heavy (non-hydrogen) atoms. The first-order valence-electron chi connectivity index (χ1n) is 7.08. The lowest BCUT2D eigenvalue weighted by Crippen LogP contribution is -2.22. The van der Waals surface area contributed by atoms with E-state index in [4.69, 9.17) is 14.7 Å². The quantitative estimate of drug-likeness (QED) is 0.779. The average Bonchev–Trinajstić information content (AvgIpc) is 3.30. The Morgan fingerprint density at radius 1 is 1.16 bits per heavy atom. The molecule has 2 aliphatic rings. The topological polar surface area (TPSA) is 45.5 Å². The van der Waals surface area contributed by atoms with E-state index in [0.717, 1.165) is 31.6 Å². The smallest absolute Gasteiger partial charge is 0.104 e. The molecule has 1 saturated carbocycles. The van der Waals surface area contributed by atoms with Gasteiger partial charge in [-0.25, -0.2) is 0 Å². The van der Waals surface area contributed by atoms with Gasteiger partial charge in [-0.2, -0.15) is 5.26 Å². The van der Waals surface area contributed by atoms with Gasteiger partial charge in [0.25, 0.3) is 0 Å². The van der Waals surface area contributed by atoms with Gasteiger partial charge in [-0.3, -0.25) is 0 Å². The zero-order valence-electron chi connectivity index (χ0n) is 11.0. The van der Waals surface area contributed by atoms with Crippen LogP contribution in [-0.2, 0) is 9.47 Å². The van der Waals surface area contributed by atoms with Crippen LogP contribution in [0.4, 0.5) is 0 Å². The zero-order chi connectivity index (χ0) is 13.1. The van der Waals surface area contributed by atoms with Crippen molar-refractivity contribution in [2.24, 2.45) is 0 Å². The molecule has 0 bridgehead atoms. The number of epoxide rings is 1. The van der Waals surface area contributed by atoms with Crippen molar-refractivity contribution < 1.29 is 9.47 Å². The summed E-state index contributed by atoms with van der Waals surface area (Å²) in [6.45, 7) is 1.65. The predicted molar refractivity (Wildman–Crippen MR) is 71.8 cm³/mol. The summed E-state index contributed by atoms with van der Waals surface area (Å²) in [6, 6.07) is 10.2. The van der Waals surface area contributed by atoms with Crippen LogP contribution >= 0.6 is 0 Å². The normalized spacial score (nSPS) is 29.7. The van der Waals surface area contributed by atoms with Gasteiger partial charge in [-0.15, -0.1) is 0 Å².